The Kier molecular flexibility index (Phi) is 3.83. The van der Waals surface area contributed by atoms with Crippen LogP contribution in [-0.4, -0.2) is 23.7 Å². The van der Waals surface area contributed by atoms with Crippen LogP contribution in [0.3, 0.4) is 0 Å². The van der Waals surface area contributed by atoms with E-state index in [1.165, 1.54) is 0 Å². The number of hydrogen-bond acceptors (Lipinski definition) is 3. The van der Waals surface area contributed by atoms with Gasteiger partial charge >= 0.3 is 0 Å². The molecule has 2 bridgehead atoms. The Hall–Kier alpha value is -2.07. The van der Waals surface area contributed by atoms with Gasteiger partial charge in [0.25, 0.3) is 0 Å². The standard InChI is InChI=1S/C24H29NO3/c1-14(26)25-22-23(2,3)16-12-18-21(28-11-10-24(18,22)13-16)20-17-7-5-4-6-15(17)8-9-19(20)27/h4-9,16,18,21-22,27H,10-13H2,1-3H3,(H,25,26)/t16-,18-,21+,22-,24?/m1/s1. The van der Waals surface area contributed by atoms with Gasteiger partial charge in [0, 0.05) is 25.1 Å². The fourth-order valence-corrected chi connectivity index (χ4v) is 6.86. The lowest BCUT2D eigenvalue weighted by Crippen LogP contribution is -2.58. The third-order valence-corrected chi connectivity index (χ3v) is 8.08. The highest BCUT2D eigenvalue weighted by molar-refractivity contribution is 5.88. The molecule has 148 valence electrons. The van der Waals surface area contributed by atoms with Crippen LogP contribution < -0.4 is 5.32 Å². The molecule has 2 aromatic carbocycles. The number of phenols is 1. The molecule has 1 amide bonds. The van der Waals surface area contributed by atoms with E-state index >= 15 is 0 Å². The number of rotatable bonds is 2. The molecule has 4 nitrogen and oxygen atoms in total. The number of fused-ring (bicyclic) bond motifs is 2. The predicted octanol–water partition coefficient (Wildman–Crippen LogP) is 4.56. The molecule has 1 unspecified atom stereocenters. The van der Waals surface area contributed by atoms with Gasteiger partial charge in [0.1, 0.15) is 5.75 Å². The van der Waals surface area contributed by atoms with Gasteiger partial charge in [-0.2, -0.15) is 0 Å². The van der Waals surface area contributed by atoms with E-state index in [1.807, 2.05) is 18.2 Å². The number of benzene rings is 2. The van der Waals surface area contributed by atoms with Crippen LogP contribution in [0.1, 0.15) is 51.7 Å². The molecule has 2 N–H and O–H groups in total. The van der Waals surface area contributed by atoms with E-state index in [2.05, 4.69) is 31.3 Å². The fraction of sp³-hybridized carbons (Fsp3) is 0.542. The van der Waals surface area contributed by atoms with Crippen LogP contribution in [0.4, 0.5) is 0 Å². The maximum absolute atomic E-state index is 12.0. The summed E-state index contributed by atoms with van der Waals surface area (Å²) in [4.78, 5) is 12.0. The zero-order valence-electron chi connectivity index (χ0n) is 16.9. The van der Waals surface area contributed by atoms with Crippen molar-refractivity contribution in [1.29, 1.82) is 0 Å². The fourth-order valence-electron chi connectivity index (χ4n) is 6.86. The van der Waals surface area contributed by atoms with Gasteiger partial charge in [-0.3, -0.25) is 4.79 Å². The van der Waals surface area contributed by atoms with Crippen molar-refractivity contribution in [2.45, 2.75) is 52.2 Å². The highest BCUT2D eigenvalue weighted by Crippen LogP contribution is 2.71. The van der Waals surface area contributed by atoms with Gasteiger partial charge in [0.05, 0.1) is 6.10 Å². The topological polar surface area (TPSA) is 58.6 Å². The van der Waals surface area contributed by atoms with Gasteiger partial charge < -0.3 is 15.2 Å². The Morgan fingerprint density at radius 3 is 2.79 bits per heavy atom. The van der Waals surface area contributed by atoms with Crippen LogP contribution in [0.25, 0.3) is 10.8 Å². The number of nitrogens with one attached hydrogen (secondary N) is 1. The average Bonchev–Trinajstić information content (AvgIpc) is 3.14. The molecule has 1 heterocycles. The molecule has 2 aliphatic carbocycles. The summed E-state index contributed by atoms with van der Waals surface area (Å²) in [6.07, 6.45) is 3.08. The molecule has 1 spiro atoms. The quantitative estimate of drug-likeness (QED) is 0.804. The van der Waals surface area contributed by atoms with E-state index in [9.17, 15) is 9.90 Å². The first-order chi connectivity index (χ1) is 13.3. The van der Waals surface area contributed by atoms with Crippen LogP contribution in [0.15, 0.2) is 36.4 Å². The van der Waals surface area contributed by atoms with Crippen LogP contribution in [0.5, 0.6) is 5.75 Å². The van der Waals surface area contributed by atoms with E-state index < -0.39 is 0 Å². The molecule has 0 aromatic heterocycles. The van der Waals surface area contributed by atoms with Crippen molar-refractivity contribution in [2.24, 2.45) is 22.7 Å². The highest BCUT2D eigenvalue weighted by Gasteiger charge is 2.68. The second-order valence-corrected chi connectivity index (χ2v) is 9.69. The molecular weight excluding hydrogens is 350 g/mol. The molecule has 1 aliphatic heterocycles. The van der Waals surface area contributed by atoms with Gasteiger partial charge in [-0.05, 0) is 58.8 Å². The lowest BCUT2D eigenvalue weighted by atomic mass is 9.58. The summed E-state index contributed by atoms with van der Waals surface area (Å²) in [5.74, 6) is 1.25. The normalized spacial score (nSPS) is 35.7. The minimum Gasteiger partial charge on any atom is -0.508 e. The number of aromatic hydroxyl groups is 1. The lowest BCUT2D eigenvalue weighted by Gasteiger charge is -2.53. The average molecular weight is 380 g/mol. The zero-order chi connectivity index (χ0) is 19.7. The number of amides is 1. The second kappa shape index (κ2) is 5.96. The molecule has 5 atom stereocenters. The van der Waals surface area contributed by atoms with Crippen molar-refractivity contribution in [1.82, 2.24) is 5.32 Å². The maximum atomic E-state index is 12.0. The molecular formula is C24H29NO3. The minimum absolute atomic E-state index is 0.0478. The molecule has 28 heavy (non-hydrogen) atoms. The van der Waals surface area contributed by atoms with Gasteiger partial charge in [-0.25, -0.2) is 0 Å². The van der Waals surface area contributed by atoms with Crippen molar-refractivity contribution in [3.8, 4) is 5.75 Å². The summed E-state index contributed by atoms with van der Waals surface area (Å²) in [6.45, 7) is 6.91. The summed E-state index contributed by atoms with van der Waals surface area (Å²) in [7, 11) is 0. The monoisotopic (exact) mass is 379 g/mol. The zero-order valence-corrected chi connectivity index (χ0v) is 16.9. The first-order valence-electron chi connectivity index (χ1n) is 10.4. The van der Waals surface area contributed by atoms with E-state index in [4.69, 9.17) is 4.74 Å². The van der Waals surface area contributed by atoms with Gasteiger partial charge in [0.2, 0.25) is 5.91 Å². The number of hydrogen-bond donors (Lipinski definition) is 2. The third kappa shape index (κ3) is 2.30. The van der Waals surface area contributed by atoms with Crippen molar-refractivity contribution in [3.63, 3.8) is 0 Å². The second-order valence-electron chi connectivity index (χ2n) is 9.69. The Balaban J connectivity index is 1.62. The molecule has 3 fully saturated rings. The lowest BCUT2D eigenvalue weighted by molar-refractivity contribution is -0.136. The summed E-state index contributed by atoms with van der Waals surface area (Å²) in [5, 5.41) is 16.3. The molecule has 4 heteroatoms. The summed E-state index contributed by atoms with van der Waals surface area (Å²) < 4.78 is 6.36. The number of phenolic OH excluding ortho intramolecular Hbond substituents is 1. The summed E-state index contributed by atoms with van der Waals surface area (Å²) >= 11 is 0. The Labute approximate surface area is 166 Å². The van der Waals surface area contributed by atoms with Crippen LogP contribution in [0, 0.1) is 22.7 Å². The van der Waals surface area contributed by atoms with E-state index in [0.717, 1.165) is 35.6 Å². The molecule has 3 aliphatic rings. The maximum Gasteiger partial charge on any atom is 0.217 e. The van der Waals surface area contributed by atoms with Crippen molar-refractivity contribution >= 4 is 16.7 Å². The Morgan fingerprint density at radius 2 is 2.00 bits per heavy atom. The molecule has 2 aromatic rings. The predicted molar refractivity (Wildman–Crippen MR) is 109 cm³/mol. The van der Waals surface area contributed by atoms with E-state index in [0.29, 0.717) is 24.2 Å². The summed E-state index contributed by atoms with van der Waals surface area (Å²) in [6, 6.07) is 12.1. The summed E-state index contributed by atoms with van der Waals surface area (Å²) in [5.41, 5.74) is 1.06. The van der Waals surface area contributed by atoms with E-state index in [1.54, 1.807) is 13.0 Å². The number of ether oxygens (including phenoxy) is 1. The minimum atomic E-state index is -0.128. The molecule has 1 saturated heterocycles. The van der Waals surface area contributed by atoms with E-state index in [-0.39, 0.29) is 28.9 Å². The number of carbonyl (C=O) groups excluding carboxylic acids is 1. The van der Waals surface area contributed by atoms with Crippen molar-refractivity contribution in [2.75, 3.05) is 6.61 Å². The largest absolute Gasteiger partial charge is 0.508 e. The first-order valence-corrected chi connectivity index (χ1v) is 10.4. The molecule has 5 rings (SSSR count). The Bertz CT molecular complexity index is 952. The van der Waals surface area contributed by atoms with Gasteiger partial charge in [-0.1, -0.05) is 44.2 Å². The van der Waals surface area contributed by atoms with Crippen LogP contribution in [0.2, 0.25) is 0 Å². The van der Waals surface area contributed by atoms with Crippen molar-refractivity contribution < 1.29 is 14.6 Å². The number of carbonyl (C=O) groups is 1. The van der Waals surface area contributed by atoms with Gasteiger partial charge in [-0.15, -0.1) is 0 Å². The SMILES string of the molecule is CC(=O)N[C@@H]1C(C)(C)[C@@H]2C[C@@H]3[C@@H](c4c(O)ccc5ccccc45)OCCC31C2. The third-order valence-electron chi connectivity index (χ3n) is 8.08. The molecule has 2 saturated carbocycles. The smallest absolute Gasteiger partial charge is 0.217 e. The first kappa shape index (κ1) is 18.0. The highest BCUT2D eigenvalue weighted by atomic mass is 16.5. The van der Waals surface area contributed by atoms with Crippen LogP contribution in [-0.2, 0) is 9.53 Å². The van der Waals surface area contributed by atoms with Crippen molar-refractivity contribution in [3.05, 3.63) is 42.0 Å². The molecule has 0 radical (unpaired) electrons. The Morgan fingerprint density at radius 1 is 1.21 bits per heavy atom. The van der Waals surface area contributed by atoms with Gasteiger partial charge in [0.15, 0.2) is 0 Å². The van der Waals surface area contributed by atoms with Crippen LogP contribution >= 0.6 is 0 Å².